The SMILES string of the molecule is CCC(C(=O)NC(C)(C)C)N(Cc1ccc(C)cc1)C(=O)CN(c1cc([N+](=O)[O-])ccc1C)S(C)(=O)=O. The van der Waals surface area contributed by atoms with Crippen LogP contribution in [0.4, 0.5) is 11.4 Å². The van der Waals surface area contributed by atoms with E-state index >= 15 is 0 Å². The number of nitro groups is 1. The van der Waals surface area contributed by atoms with E-state index in [9.17, 15) is 28.1 Å². The lowest BCUT2D eigenvalue weighted by molar-refractivity contribution is -0.384. The van der Waals surface area contributed by atoms with Crippen LogP contribution in [0.1, 0.15) is 50.8 Å². The summed E-state index contributed by atoms with van der Waals surface area (Å²) in [7, 11) is -4.01. The number of nitro benzene ring substituents is 1. The number of non-ortho nitro benzene ring substituents is 1. The lowest BCUT2D eigenvalue weighted by atomic mass is 10.1. The van der Waals surface area contributed by atoms with E-state index in [1.54, 1.807) is 13.8 Å². The molecule has 1 atom stereocenters. The van der Waals surface area contributed by atoms with E-state index < -0.39 is 39.0 Å². The number of nitrogens with zero attached hydrogens (tertiary/aromatic N) is 3. The Morgan fingerprint density at radius 3 is 2.16 bits per heavy atom. The molecule has 2 aromatic rings. The van der Waals surface area contributed by atoms with Gasteiger partial charge in [-0.25, -0.2) is 8.42 Å². The number of nitrogens with one attached hydrogen (secondary N) is 1. The van der Waals surface area contributed by atoms with Gasteiger partial charge in [-0.1, -0.05) is 42.8 Å². The van der Waals surface area contributed by atoms with Crippen LogP contribution in [0, 0.1) is 24.0 Å². The van der Waals surface area contributed by atoms with Gasteiger partial charge in [-0.2, -0.15) is 0 Å². The number of benzene rings is 2. The van der Waals surface area contributed by atoms with Gasteiger partial charge in [-0.05, 0) is 52.2 Å². The second-order valence-electron chi connectivity index (χ2n) is 10.2. The highest BCUT2D eigenvalue weighted by atomic mass is 32.2. The molecule has 10 nitrogen and oxygen atoms in total. The van der Waals surface area contributed by atoms with Crippen molar-refractivity contribution in [2.75, 3.05) is 17.1 Å². The van der Waals surface area contributed by atoms with Crippen molar-refractivity contribution in [2.45, 2.75) is 66.1 Å². The molecular formula is C26H36N4O6S. The molecule has 202 valence electrons. The van der Waals surface area contributed by atoms with E-state index in [0.29, 0.717) is 12.0 Å². The van der Waals surface area contributed by atoms with Crippen LogP contribution in [0.2, 0.25) is 0 Å². The number of anilines is 1. The Morgan fingerprint density at radius 1 is 1.08 bits per heavy atom. The van der Waals surface area contributed by atoms with E-state index in [2.05, 4.69) is 5.32 Å². The summed E-state index contributed by atoms with van der Waals surface area (Å²) in [6.45, 7) is 10.3. The Balaban J connectivity index is 2.54. The van der Waals surface area contributed by atoms with Gasteiger partial charge in [0.1, 0.15) is 12.6 Å². The molecule has 0 bridgehead atoms. The van der Waals surface area contributed by atoms with E-state index in [1.165, 1.54) is 17.0 Å². The fraction of sp³-hybridized carbons (Fsp3) is 0.462. The average Bonchev–Trinajstić information content (AvgIpc) is 2.77. The number of amides is 2. The molecule has 0 fully saturated rings. The van der Waals surface area contributed by atoms with Gasteiger partial charge in [0.05, 0.1) is 16.9 Å². The summed E-state index contributed by atoms with van der Waals surface area (Å²) in [4.78, 5) is 39.0. The van der Waals surface area contributed by atoms with Crippen molar-refractivity contribution in [3.8, 4) is 0 Å². The summed E-state index contributed by atoms with van der Waals surface area (Å²) >= 11 is 0. The van der Waals surface area contributed by atoms with Gasteiger partial charge in [-0.3, -0.25) is 24.0 Å². The highest BCUT2D eigenvalue weighted by Gasteiger charge is 2.33. The minimum Gasteiger partial charge on any atom is -0.350 e. The minimum absolute atomic E-state index is 0.0347. The predicted octanol–water partition coefficient (Wildman–Crippen LogP) is 3.70. The highest BCUT2D eigenvalue weighted by Crippen LogP contribution is 2.28. The fourth-order valence-corrected chi connectivity index (χ4v) is 4.74. The molecule has 2 amide bonds. The first kappa shape index (κ1) is 29.8. The van der Waals surface area contributed by atoms with Crippen LogP contribution in [-0.2, 0) is 26.2 Å². The quantitative estimate of drug-likeness (QED) is 0.367. The van der Waals surface area contributed by atoms with Gasteiger partial charge in [0.15, 0.2) is 0 Å². The van der Waals surface area contributed by atoms with E-state index in [1.807, 2.05) is 52.0 Å². The maximum Gasteiger partial charge on any atom is 0.271 e. The summed E-state index contributed by atoms with van der Waals surface area (Å²) in [5.74, 6) is -0.958. The third kappa shape index (κ3) is 8.28. The zero-order valence-corrected chi connectivity index (χ0v) is 23.3. The first-order valence-electron chi connectivity index (χ1n) is 11.9. The molecule has 2 aromatic carbocycles. The fourth-order valence-electron chi connectivity index (χ4n) is 3.84. The lowest BCUT2D eigenvalue weighted by Gasteiger charge is -2.34. The van der Waals surface area contributed by atoms with Gasteiger partial charge in [0.25, 0.3) is 5.69 Å². The Hall–Kier alpha value is -3.47. The lowest BCUT2D eigenvalue weighted by Crippen LogP contribution is -2.55. The molecule has 0 radical (unpaired) electrons. The van der Waals surface area contributed by atoms with Crippen LogP contribution < -0.4 is 9.62 Å². The number of carbonyl (C=O) groups excluding carboxylic acids is 2. The first-order valence-corrected chi connectivity index (χ1v) is 13.8. The van der Waals surface area contributed by atoms with Crippen molar-refractivity contribution in [2.24, 2.45) is 0 Å². The maximum absolute atomic E-state index is 13.8. The molecule has 0 aliphatic heterocycles. The molecule has 0 saturated carbocycles. The second-order valence-corrected chi connectivity index (χ2v) is 12.1. The number of hydrogen-bond acceptors (Lipinski definition) is 6. The molecule has 0 heterocycles. The van der Waals surface area contributed by atoms with E-state index in [4.69, 9.17) is 0 Å². The van der Waals surface area contributed by atoms with Crippen molar-refractivity contribution in [3.63, 3.8) is 0 Å². The predicted molar refractivity (Wildman–Crippen MR) is 144 cm³/mol. The highest BCUT2D eigenvalue weighted by molar-refractivity contribution is 7.92. The third-order valence-corrected chi connectivity index (χ3v) is 6.84. The molecular weight excluding hydrogens is 496 g/mol. The molecule has 0 aliphatic carbocycles. The molecule has 1 unspecified atom stereocenters. The van der Waals surface area contributed by atoms with Gasteiger partial charge < -0.3 is 10.2 Å². The number of carbonyl (C=O) groups is 2. The van der Waals surface area contributed by atoms with Gasteiger partial charge in [-0.15, -0.1) is 0 Å². The Kier molecular flexibility index (Phi) is 9.43. The topological polar surface area (TPSA) is 130 Å². The molecule has 0 aromatic heterocycles. The van der Waals surface area contributed by atoms with E-state index in [0.717, 1.165) is 27.8 Å². The Labute approximate surface area is 218 Å². The van der Waals surface area contributed by atoms with Crippen LogP contribution in [0.15, 0.2) is 42.5 Å². The van der Waals surface area contributed by atoms with Crippen molar-refractivity contribution in [1.82, 2.24) is 10.2 Å². The third-order valence-electron chi connectivity index (χ3n) is 5.71. The first-order chi connectivity index (χ1) is 17.0. The van der Waals surface area contributed by atoms with Crippen molar-refractivity contribution in [1.29, 1.82) is 0 Å². The van der Waals surface area contributed by atoms with Gasteiger partial charge in [0.2, 0.25) is 21.8 Å². The largest absolute Gasteiger partial charge is 0.350 e. The number of rotatable bonds is 10. The Morgan fingerprint density at radius 2 is 1.68 bits per heavy atom. The smallest absolute Gasteiger partial charge is 0.271 e. The molecule has 2 rings (SSSR count). The van der Waals surface area contributed by atoms with Gasteiger partial charge >= 0.3 is 0 Å². The van der Waals surface area contributed by atoms with Crippen LogP contribution in [0.3, 0.4) is 0 Å². The zero-order chi connectivity index (χ0) is 28.1. The standard InChI is InChI=1S/C26H36N4O6S/c1-8-22(25(32)27-26(4,5)6)28(16-20-12-9-18(2)10-13-20)24(31)17-29(37(7,35)36)23-15-21(30(33)34)14-11-19(23)3/h9-15,22H,8,16-17H2,1-7H3,(H,27,32). The van der Waals surface area contributed by atoms with Crippen LogP contribution >= 0.6 is 0 Å². The van der Waals surface area contributed by atoms with Crippen LogP contribution in [0.25, 0.3) is 0 Å². The van der Waals surface area contributed by atoms with Crippen molar-refractivity contribution in [3.05, 3.63) is 69.3 Å². The van der Waals surface area contributed by atoms with Crippen molar-refractivity contribution < 1.29 is 22.9 Å². The monoisotopic (exact) mass is 532 g/mol. The molecule has 1 N–H and O–H groups in total. The number of sulfonamides is 1. The Bertz CT molecular complexity index is 1250. The summed E-state index contributed by atoms with van der Waals surface area (Å²) in [5, 5.41) is 14.2. The second kappa shape index (κ2) is 11.7. The molecule has 37 heavy (non-hydrogen) atoms. The minimum atomic E-state index is -4.01. The molecule has 0 saturated heterocycles. The molecule has 11 heteroatoms. The summed E-state index contributed by atoms with van der Waals surface area (Å²) in [6.07, 6.45) is 1.24. The number of aryl methyl sites for hydroxylation is 2. The summed E-state index contributed by atoms with van der Waals surface area (Å²) in [5.41, 5.74) is 1.46. The maximum atomic E-state index is 13.8. The summed E-state index contributed by atoms with van der Waals surface area (Å²) in [6, 6.07) is 10.5. The van der Waals surface area contributed by atoms with Crippen molar-refractivity contribution >= 4 is 33.2 Å². The summed E-state index contributed by atoms with van der Waals surface area (Å²) < 4.78 is 26.4. The van der Waals surface area contributed by atoms with Gasteiger partial charge in [0, 0.05) is 24.2 Å². The molecule has 0 spiro atoms. The molecule has 0 aliphatic rings. The van der Waals surface area contributed by atoms with E-state index in [-0.39, 0.29) is 23.8 Å². The zero-order valence-electron chi connectivity index (χ0n) is 22.4. The van der Waals surface area contributed by atoms with Crippen LogP contribution in [-0.4, -0.2) is 54.4 Å². The normalized spacial score (nSPS) is 12.5. The average molecular weight is 533 g/mol. The number of hydrogen-bond donors (Lipinski definition) is 1. The van der Waals surface area contributed by atoms with Crippen LogP contribution in [0.5, 0.6) is 0 Å².